The van der Waals surface area contributed by atoms with Crippen LogP contribution in [0, 0.1) is 5.82 Å². The molecule has 0 saturated heterocycles. The molecule has 0 fully saturated rings. The molecule has 0 aliphatic carbocycles. The molecule has 102 valence electrons. The molecule has 0 saturated carbocycles. The van der Waals surface area contributed by atoms with Crippen molar-refractivity contribution in [2.75, 3.05) is 0 Å². The second kappa shape index (κ2) is 5.22. The Balaban J connectivity index is 2.44. The fourth-order valence-electron chi connectivity index (χ4n) is 1.58. The number of aliphatic hydroxyl groups excluding tert-OH is 1. The first-order valence-electron chi connectivity index (χ1n) is 5.08. The van der Waals surface area contributed by atoms with Crippen molar-refractivity contribution in [3.63, 3.8) is 0 Å². The summed E-state index contributed by atoms with van der Waals surface area (Å²) in [6.45, 7) is 0. The molecule has 0 spiro atoms. The van der Waals surface area contributed by atoms with Gasteiger partial charge >= 0.3 is 6.18 Å². The first-order valence-corrected chi connectivity index (χ1v) is 6.75. The standard InChI is InChI=1S/C12H7BrF4OS/c13-8-3-4-19-11(8)10(18)6-1-2-9(14)7(5-6)12(15,16)17/h1-5,10,18H. The zero-order valence-corrected chi connectivity index (χ0v) is 11.6. The van der Waals surface area contributed by atoms with E-state index in [1.807, 2.05) is 0 Å². The molecule has 1 unspecified atom stereocenters. The number of hydrogen-bond donors (Lipinski definition) is 1. The van der Waals surface area contributed by atoms with E-state index in [9.17, 15) is 22.7 Å². The highest BCUT2D eigenvalue weighted by molar-refractivity contribution is 9.10. The number of benzene rings is 1. The maximum Gasteiger partial charge on any atom is 0.419 e. The van der Waals surface area contributed by atoms with Crippen molar-refractivity contribution in [2.45, 2.75) is 12.3 Å². The summed E-state index contributed by atoms with van der Waals surface area (Å²) < 4.78 is 51.5. The van der Waals surface area contributed by atoms with Gasteiger partial charge in [0.2, 0.25) is 0 Å². The number of rotatable bonds is 2. The van der Waals surface area contributed by atoms with Crippen molar-refractivity contribution in [3.05, 3.63) is 55.9 Å². The molecule has 1 aromatic carbocycles. The average Bonchev–Trinajstić information content (AvgIpc) is 2.73. The van der Waals surface area contributed by atoms with E-state index in [-0.39, 0.29) is 5.56 Å². The van der Waals surface area contributed by atoms with E-state index in [1.54, 1.807) is 11.4 Å². The molecule has 0 amide bonds. The van der Waals surface area contributed by atoms with E-state index >= 15 is 0 Å². The molecule has 1 atom stereocenters. The minimum absolute atomic E-state index is 0.00289. The van der Waals surface area contributed by atoms with Crippen LogP contribution in [0.25, 0.3) is 0 Å². The fraction of sp³-hybridized carbons (Fsp3) is 0.167. The summed E-state index contributed by atoms with van der Waals surface area (Å²) in [4.78, 5) is 0.472. The highest BCUT2D eigenvalue weighted by Crippen LogP contribution is 2.37. The molecule has 19 heavy (non-hydrogen) atoms. The van der Waals surface area contributed by atoms with Crippen LogP contribution >= 0.6 is 27.3 Å². The molecule has 2 aromatic rings. The van der Waals surface area contributed by atoms with Crippen LogP contribution in [0.4, 0.5) is 17.6 Å². The normalized spacial score (nSPS) is 13.6. The lowest BCUT2D eigenvalue weighted by molar-refractivity contribution is -0.140. The van der Waals surface area contributed by atoms with E-state index in [4.69, 9.17) is 0 Å². The SMILES string of the molecule is OC(c1ccc(F)c(C(F)(F)F)c1)c1sccc1Br. The van der Waals surface area contributed by atoms with Gasteiger partial charge in [0.25, 0.3) is 0 Å². The summed E-state index contributed by atoms with van der Waals surface area (Å²) in [5, 5.41) is 11.7. The molecule has 0 radical (unpaired) electrons. The van der Waals surface area contributed by atoms with Crippen LogP contribution in [-0.4, -0.2) is 5.11 Å². The fourth-order valence-corrected chi connectivity index (χ4v) is 3.18. The second-order valence-electron chi connectivity index (χ2n) is 3.77. The quantitative estimate of drug-likeness (QED) is 0.771. The Morgan fingerprint density at radius 1 is 1.21 bits per heavy atom. The number of alkyl halides is 3. The van der Waals surface area contributed by atoms with Gasteiger partial charge in [0, 0.05) is 4.47 Å². The van der Waals surface area contributed by atoms with Crippen molar-refractivity contribution < 1.29 is 22.7 Å². The predicted octanol–water partition coefficient (Wildman–Crippen LogP) is 4.75. The van der Waals surface area contributed by atoms with Crippen LogP contribution in [0.1, 0.15) is 22.1 Å². The molecular weight excluding hydrogens is 348 g/mol. The maximum absolute atomic E-state index is 13.1. The average molecular weight is 355 g/mol. The van der Waals surface area contributed by atoms with Gasteiger partial charge in [0.05, 0.1) is 10.4 Å². The van der Waals surface area contributed by atoms with Gasteiger partial charge in [-0.05, 0) is 45.1 Å². The third-order valence-corrected chi connectivity index (χ3v) is 4.43. The molecule has 2 rings (SSSR count). The topological polar surface area (TPSA) is 20.2 Å². The lowest BCUT2D eigenvalue weighted by Crippen LogP contribution is -2.10. The number of thiophene rings is 1. The first kappa shape index (κ1) is 14.5. The Morgan fingerprint density at radius 3 is 2.42 bits per heavy atom. The van der Waals surface area contributed by atoms with Gasteiger partial charge in [-0.25, -0.2) is 4.39 Å². The van der Waals surface area contributed by atoms with Crippen molar-refractivity contribution in [2.24, 2.45) is 0 Å². The minimum atomic E-state index is -4.79. The van der Waals surface area contributed by atoms with Gasteiger partial charge in [-0.15, -0.1) is 11.3 Å². The van der Waals surface area contributed by atoms with Crippen LogP contribution in [0.15, 0.2) is 34.1 Å². The first-order chi connectivity index (χ1) is 8.80. The number of halogens is 5. The Hall–Kier alpha value is -0.920. The number of hydrogen-bond acceptors (Lipinski definition) is 2. The predicted molar refractivity (Wildman–Crippen MR) is 67.5 cm³/mol. The van der Waals surface area contributed by atoms with Crippen LogP contribution < -0.4 is 0 Å². The lowest BCUT2D eigenvalue weighted by atomic mass is 10.0. The number of aliphatic hydroxyl groups is 1. The summed E-state index contributed by atoms with van der Waals surface area (Å²) in [6.07, 6.45) is -6.01. The van der Waals surface area contributed by atoms with E-state index in [0.29, 0.717) is 21.5 Å². The largest absolute Gasteiger partial charge is 0.419 e. The molecular formula is C12H7BrF4OS. The summed E-state index contributed by atoms with van der Waals surface area (Å²) in [7, 11) is 0. The van der Waals surface area contributed by atoms with Gasteiger partial charge in [-0.1, -0.05) is 6.07 Å². The molecule has 1 N–H and O–H groups in total. The molecule has 1 aromatic heterocycles. The van der Waals surface area contributed by atoms with E-state index in [1.165, 1.54) is 11.3 Å². The van der Waals surface area contributed by atoms with Crippen LogP contribution in [0.5, 0.6) is 0 Å². The van der Waals surface area contributed by atoms with Crippen molar-refractivity contribution in [3.8, 4) is 0 Å². The van der Waals surface area contributed by atoms with Crippen molar-refractivity contribution >= 4 is 27.3 Å². The van der Waals surface area contributed by atoms with Gasteiger partial charge in [0.1, 0.15) is 11.9 Å². The molecule has 7 heteroatoms. The van der Waals surface area contributed by atoms with E-state index < -0.39 is 23.7 Å². The van der Waals surface area contributed by atoms with Gasteiger partial charge < -0.3 is 5.11 Å². The molecule has 0 aliphatic rings. The van der Waals surface area contributed by atoms with Crippen LogP contribution in [0.2, 0.25) is 0 Å². The summed E-state index contributed by atoms with van der Waals surface area (Å²) in [5.74, 6) is -1.35. The Labute approximate surface area is 118 Å². The Morgan fingerprint density at radius 2 is 1.89 bits per heavy atom. The summed E-state index contributed by atoms with van der Waals surface area (Å²) >= 11 is 4.39. The van der Waals surface area contributed by atoms with Gasteiger partial charge in [-0.3, -0.25) is 0 Å². The summed E-state index contributed by atoms with van der Waals surface area (Å²) in [6, 6.07) is 4.16. The third-order valence-electron chi connectivity index (χ3n) is 2.50. The zero-order valence-electron chi connectivity index (χ0n) is 9.21. The third kappa shape index (κ3) is 2.98. The van der Waals surface area contributed by atoms with Crippen LogP contribution in [0.3, 0.4) is 0 Å². The van der Waals surface area contributed by atoms with Gasteiger partial charge in [-0.2, -0.15) is 13.2 Å². The zero-order chi connectivity index (χ0) is 14.2. The second-order valence-corrected chi connectivity index (χ2v) is 5.57. The van der Waals surface area contributed by atoms with E-state index in [2.05, 4.69) is 15.9 Å². The highest BCUT2D eigenvalue weighted by Gasteiger charge is 2.34. The summed E-state index contributed by atoms with van der Waals surface area (Å²) in [5.41, 5.74) is -1.38. The van der Waals surface area contributed by atoms with Gasteiger partial charge in [0.15, 0.2) is 0 Å². The Kier molecular flexibility index (Phi) is 3.98. The molecule has 0 aliphatic heterocycles. The minimum Gasteiger partial charge on any atom is -0.383 e. The highest BCUT2D eigenvalue weighted by atomic mass is 79.9. The molecule has 1 nitrogen and oxygen atoms in total. The maximum atomic E-state index is 13.1. The van der Waals surface area contributed by atoms with E-state index in [0.717, 1.165) is 6.07 Å². The smallest absolute Gasteiger partial charge is 0.383 e. The van der Waals surface area contributed by atoms with Crippen molar-refractivity contribution in [1.29, 1.82) is 0 Å². The Bertz CT molecular complexity index is 594. The van der Waals surface area contributed by atoms with Crippen LogP contribution in [-0.2, 0) is 6.18 Å². The van der Waals surface area contributed by atoms with Crippen molar-refractivity contribution in [1.82, 2.24) is 0 Å². The molecule has 1 heterocycles. The monoisotopic (exact) mass is 354 g/mol. The molecule has 0 bridgehead atoms. The lowest BCUT2D eigenvalue weighted by Gasteiger charge is -2.14.